The van der Waals surface area contributed by atoms with Gasteiger partial charge in [-0.15, -0.1) is 0 Å². The van der Waals surface area contributed by atoms with E-state index in [4.69, 9.17) is 14.2 Å². The average Bonchev–Trinajstić information content (AvgIpc) is 2.69. The van der Waals surface area contributed by atoms with E-state index in [0.29, 0.717) is 44.8 Å². The zero-order valence-corrected chi connectivity index (χ0v) is 17.9. The maximum Gasteiger partial charge on any atom is 0.310 e. The summed E-state index contributed by atoms with van der Waals surface area (Å²) in [4.78, 5) is 25.0. The molecule has 0 saturated heterocycles. The van der Waals surface area contributed by atoms with E-state index in [-0.39, 0.29) is 23.9 Å². The van der Waals surface area contributed by atoms with Gasteiger partial charge < -0.3 is 19.5 Å². The highest BCUT2D eigenvalue weighted by atomic mass is 16.5. The Kier molecular flexibility index (Phi) is 9.03. The van der Waals surface area contributed by atoms with Crippen molar-refractivity contribution in [3.63, 3.8) is 0 Å². The van der Waals surface area contributed by atoms with Gasteiger partial charge in [-0.25, -0.2) is 0 Å². The Bertz CT molecular complexity index is 713. The number of carbonyl (C=O) groups is 2. The Balaban J connectivity index is 1.93. The van der Waals surface area contributed by atoms with Crippen molar-refractivity contribution in [3.8, 4) is 11.5 Å². The van der Waals surface area contributed by atoms with E-state index in [1.54, 1.807) is 0 Å². The first-order chi connectivity index (χ1) is 14.0. The molecule has 1 aliphatic carbocycles. The second-order valence-corrected chi connectivity index (χ2v) is 7.33. The molecule has 0 unspecified atom stereocenters. The molecule has 2 atom stereocenters. The fraction of sp³-hybridized carbons (Fsp3) is 0.565. The standard InChI is InChI=1S/C23H33NO5/c1-5-27-20-12-11-17(15-21(20)28-6-2)13-14-24-22(25)18-9-7-8-10-19(18)23(26)29-16(3)4/h7-8,11-12,15-16,18-19H,5-6,9-10,13-14H2,1-4H3,(H,24,25)/t18-,19-/m1/s1. The Morgan fingerprint density at radius 2 is 1.69 bits per heavy atom. The molecule has 160 valence electrons. The van der Waals surface area contributed by atoms with Gasteiger partial charge in [0.1, 0.15) is 0 Å². The van der Waals surface area contributed by atoms with Gasteiger partial charge in [0.05, 0.1) is 31.2 Å². The van der Waals surface area contributed by atoms with E-state index in [9.17, 15) is 9.59 Å². The lowest BCUT2D eigenvalue weighted by Crippen LogP contribution is -2.40. The van der Waals surface area contributed by atoms with Gasteiger partial charge >= 0.3 is 5.97 Å². The highest BCUT2D eigenvalue weighted by molar-refractivity contribution is 5.86. The Morgan fingerprint density at radius 1 is 1.03 bits per heavy atom. The predicted octanol–water partition coefficient (Wildman–Crippen LogP) is 3.68. The van der Waals surface area contributed by atoms with Crippen LogP contribution in [0.2, 0.25) is 0 Å². The maximum atomic E-state index is 12.7. The first kappa shape index (κ1) is 22.8. The van der Waals surface area contributed by atoms with Crippen molar-refractivity contribution in [2.45, 2.75) is 53.1 Å². The molecule has 0 spiro atoms. The third-order valence-electron chi connectivity index (χ3n) is 4.74. The molecule has 1 amide bonds. The number of nitrogens with one attached hydrogen (secondary N) is 1. The fourth-order valence-electron chi connectivity index (χ4n) is 3.40. The van der Waals surface area contributed by atoms with E-state index in [1.165, 1.54) is 0 Å². The number of hydrogen-bond acceptors (Lipinski definition) is 5. The summed E-state index contributed by atoms with van der Waals surface area (Å²) in [5.74, 6) is 0.242. The minimum Gasteiger partial charge on any atom is -0.490 e. The van der Waals surface area contributed by atoms with Crippen molar-refractivity contribution in [2.75, 3.05) is 19.8 Å². The molecular formula is C23H33NO5. The van der Waals surface area contributed by atoms with Crippen molar-refractivity contribution in [2.24, 2.45) is 11.8 Å². The van der Waals surface area contributed by atoms with Gasteiger partial charge in [-0.3, -0.25) is 9.59 Å². The molecule has 1 aromatic carbocycles. The van der Waals surface area contributed by atoms with Crippen LogP contribution < -0.4 is 14.8 Å². The largest absolute Gasteiger partial charge is 0.490 e. The van der Waals surface area contributed by atoms with E-state index in [0.717, 1.165) is 11.3 Å². The number of carbonyl (C=O) groups excluding carboxylic acids is 2. The van der Waals surface area contributed by atoms with E-state index in [1.807, 2.05) is 58.0 Å². The zero-order chi connectivity index (χ0) is 21.2. The van der Waals surface area contributed by atoms with Crippen LogP contribution in [0.4, 0.5) is 0 Å². The number of allylic oxidation sites excluding steroid dienone is 2. The number of rotatable bonds is 10. The molecule has 0 radical (unpaired) electrons. The third kappa shape index (κ3) is 6.80. The molecule has 0 saturated carbocycles. The van der Waals surface area contributed by atoms with Crippen LogP contribution in [-0.2, 0) is 20.7 Å². The summed E-state index contributed by atoms with van der Waals surface area (Å²) in [7, 11) is 0. The number of amides is 1. The molecule has 1 aliphatic rings. The van der Waals surface area contributed by atoms with Crippen molar-refractivity contribution in [1.82, 2.24) is 5.32 Å². The van der Waals surface area contributed by atoms with E-state index < -0.39 is 5.92 Å². The number of hydrogen-bond donors (Lipinski definition) is 1. The normalized spacial score (nSPS) is 18.4. The third-order valence-corrected chi connectivity index (χ3v) is 4.74. The number of benzene rings is 1. The Labute approximate surface area is 173 Å². The van der Waals surface area contributed by atoms with Crippen molar-refractivity contribution in [1.29, 1.82) is 0 Å². The summed E-state index contributed by atoms with van der Waals surface area (Å²) in [6, 6.07) is 5.83. The fourth-order valence-corrected chi connectivity index (χ4v) is 3.40. The molecule has 0 aromatic heterocycles. The van der Waals surface area contributed by atoms with Crippen LogP contribution in [0.3, 0.4) is 0 Å². The van der Waals surface area contributed by atoms with Crippen LogP contribution in [0, 0.1) is 11.8 Å². The summed E-state index contributed by atoms with van der Waals surface area (Å²) < 4.78 is 16.6. The molecule has 1 N–H and O–H groups in total. The highest BCUT2D eigenvalue weighted by Crippen LogP contribution is 2.29. The molecule has 6 heteroatoms. The second-order valence-electron chi connectivity index (χ2n) is 7.33. The minimum absolute atomic E-state index is 0.101. The highest BCUT2D eigenvalue weighted by Gasteiger charge is 2.35. The lowest BCUT2D eigenvalue weighted by Gasteiger charge is -2.26. The van der Waals surface area contributed by atoms with E-state index >= 15 is 0 Å². The zero-order valence-electron chi connectivity index (χ0n) is 17.9. The molecular weight excluding hydrogens is 370 g/mol. The molecule has 0 heterocycles. The topological polar surface area (TPSA) is 73.9 Å². The SMILES string of the molecule is CCOc1ccc(CCNC(=O)[C@@H]2CC=CC[C@H]2C(=O)OC(C)C)cc1OCC. The van der Waals surface area contributed by atoms with Crippen LogP contribution in [0.25, 0.3) is 0 Å². The quantitative estimate of drug-likeness (QED) is 0.477. The summed E-state index contributed by atoms with van der Waals surface area (Å²) in [6.07, 6.45) is 5.50. The smallest absolute Gasteiger partial charge is 0.310 e. The van der Waals surface area contributed by atoms with Crippen molar-refractivity contribution >= 4 is 11.9 Å². The van der Waals surface area contributed by atoms with Crippen LogP contribution in [0.5, 0.6) is 11.5 Å². The summed E-state index contributed by atoms with van der Waals surface area (Å²) in [5.41, 5.74) is 1.05. The molecule has 29 heavy (non-hydrogen) atoms. The van der Waals surface area contributed by atoms with Gasteiger partial charge in [-0.05, 0) is 64.7 Å². The monoisotopic (exact) mass is 403 g/mol. The molecule has 0 fully saturated rings. The molecule has 1 aromatic rings. The van der Waals surface area contributed by atoms with Gasteiger partial charge in [-0.2, -0.15) is 0 Å². The first-order valence-corrected chi connectivity index (χ1v) is 10.5. The lowest BCUT2D eigenvalue weighted by atomic mass is 9.82. The van der Waals surface area contributed by atoms with Gasteiger partial charge in [0.15, 0.2) is 11.5 Å². The predicted molar refractivity (Wildman–Crippen MR) is 112 cm³/mol. The second kappa shape index (κ2) is 11.5. The van der Waals surface area contributed by atoms with Crippen LogP contribution >= 0.6 is 0 Å². The summed E-state index contributed by atoms with van der Waals surface area (Å²) in [5, 5.41) is 2.98. The van der Waals surface area contributed by atoms with Gasteiger partial charge in [-0.1, -0.05) is 18.2 Å². The average molecular weight is 404 g/mol. The Hall–Kier alpha value is -2.50. The molecule has 6 nitrogen and oxygen atoms in total. The van der Waals surface area contributed by atoms with Crippen LogP contribution in [-0.4, -0.2) is 37.7 Å². The minimum atomic E-state index is -0.419. The first-order valence-electron chi connectivity index (χ1n) is 10.5. The summed E-state index contributed by atoms with van der Waals surface area (Å²) in [6.45, 7) is 9.13. The van der Waals surface area contributed by atoms with Gasteiger partial charge in [0, 0.05) is 6.54 Å². The number of esters is 1. The van der Waals surface area contributed by atoms with Crippen LogP contribution in [0.1, 0.15) is 46.1 Å². The summed E-state index contributed by atoms with van der Waals surface area (Å²) >= 11 is 0. The molecule has 2 rings (SSSR count). The maximum absolute atomic E-state index is 12.7. The Morgan fingerprint density at radius 3 is 2.34 bits per heavy atom. The van der Waals surface area contributed by atoms with Crippen molar-refractivity contribution in [3.05, 3.63) is 35.9 Å². The molecule has 0 bridgehead atoms. The van der Waals surface area contributed by atoms with Gasteiger partial charge in [0.2, 0.25) is 5.91 Å². The van der Waals surface area contributed by atoms with Crippen LogP contribution in [0.15, 0.2) is 30.4 Å². The number of ether oxygens (including phenoxy) is 3. The lowest BCUT2D eigenvalue weighted by molar-refractivity contribution is -0.156. The van der Waals surface area contributed by atoms with E-state index in [2.05, 4.69) is 5.32 Å². The molecule has 0 aliphatic heterocycles. The van der Waals surface area contributed by atoms with Gasteiger partial charge in [0.25, 0.3) is 0 Å². The van der Waals surface area contributed by atoms with Crippen molar-refractivity contribution < 1.29 is 23.8 Å².